The summed E-state index contributed by atoms with van der Waals surface area (Å²) in [4.78, 5) is 13.9. The lowest BCUT2D eigenvalue weighted by atomic mass is 10.1. The standard InChI is InChI=1S/C12H23NO2/c1-4-5-6-7-12(14)13-8-11(3)15-9-10(13)2/h10-11H,4-9H2,1-3H3. The van der Waals surface area contributed by atoms with Gasteiger partial charge in [0.25, 0.3) is 0 Å². The van der Waals surface area contributed by atoms with Gasteiger partial charge in [-0.05, 0) is 20.3 Å². The monoisotopic (exact) mass is 213 g/mol. The molecule has 0 radical (unpaired) electrons. The largest absolute Gasteiger partial charge is 0.375 e. The van der Waals surface area contributed by atoms with Crippen LogP contribution in [0.3, 0.4) is 0 Å². The van der Waals surface area contributed by atoms with Gasteiger partial charge in [-0.25, -0.2) is 0 Å². The summed E-state index contributed by atoms with van der Waals surface area (Å²) in [6.07, 6.45) is 4.23. The molecule has 1 fully saturated rings. The molecular weight excluding hydrogens is 190 g/mol. The fourth-order valence-electron chi connectivity index (χ4n) is 1.92. The zero-order valence-electron chi connectivity index (χ0n) is 10.2. The summed E-state index contributed by atoms with van der Waals surface area (Å²) in [5.74, 6) is 0.297. The van der Waals surface area contributed by atoms with E-state index in [1.165, 1.54) is 6.42 Å². The molecule has 1 aliphatic rings. The van der Waals surface area contributed by atoms with Gasteiger partial charge in [0, 0.05) is 13.0 Å². The van der Waals surface area contributed by atoms with E-state index in [1.807, 2.05) is 11.8 Å². The Hall–Kier alpha value is -0.570. The fraction of sp³-hybridized carbons (Fsp3) is 0.917. The Labute approximate surface area is 92.8 Å². The molecule has 0 aromatic rings. The van der Waals surface area contributed by atoms with Crippen LogP contribution in [0, 0.1) is 0 Å². The van der Waals surface area contributed by atoms with Crippen molar-refractivity contribution in [2.75, 3.05) is 13.2 Å². The molecule has 0 aromatic heterocycles. The number of ether oxygens (including phenoxy) is 1. The van der Waals surface area contributed by atoms with Gasteiger partial charge in [-0.1, -0.05) is 19.8 Å². The second-order valence-electron chi connectivity index (χ2n) is 4.50. The number of amides is 1. The van der Waals surface area contributed by atoms with Gasteiger partial charge in [-0.3, -0.25) is 4.79 Å². The van der Waals surface area contributed by atoms with Gasteiger partial charge in [-0.15, -0.1) is 0 Å². The Morgan fingerprint density at radius 3 is 2.80 bits per heavy atom. The van der Waals surface area contributed by atoms with E-state index in [4.69, 9.17) is 4.74 Å². The van der Waals surface area contributed by atoms with Crippen molar-refractivity contribution in [3.63, 3.8) is 0 Å². The normalized spacial score (nSPS) is 26.7. The van der Waals surface area contributed by atoms with Crippen LogP contribution in [0.4, 0.5) is 0 Å². The Balaban J connectivity index is 2.35. The number of hydrogen-bond donors (Lipinski definition) is 0. The molecule has 2 unspecified atom stereocenters. The number of morpholine rings is 1. The van der Waals surface area contributed by atoms with Crippen molar-refractivity contribution < 1.29 is 9.53 Å². The lowest BCUT2D eigenvalue weighted by Gasteiger charge is -2.36. The molecule has 1 saturated heterocycles. The second-order valence-corrected chi connectivity index (χ2v) is 4.50. The van der Waals surface area contributed by atoms with Gasteiger partial charge in [-0.2, -0.15) is 0 Å². The number of carbonyl (C=O) groups excluding carboxylic acids is 1. The molecule has 1 heterocycles. The maximum atomic E-state index is 11.9. The maximum Gasteiger partial charge on any atom is 0.222 e. The van der Waals surface area contributed by atoms with Crippen LogP contribution >= 0.6 is 0 Å². The van der Waals surface area contributed by atoms with E-state index in [0.717, 1.165) is 19.4 Å². The minimum Gasteiger partial charge on any atom is -0.375 e. The molecule has 0 bridgehead atoms. The molecule has 88 valence electrons. The molecule has 3 nitrogen and oxygen atoms in total. The van der Waals surface area contributed by atoms with Crippen molar-refractivity contribution in [2.45, 2.75) is 58.6 Å². The first kappa shape index (κ1) is 12.5. The van der Waals surface area contributed by atoms with Gasteiger partial charge in [0.2, 0.25) is 5.91 Å². The zero-order chi connectivity index (χ0) is 11.3. The average Bonchev–Trinajstić information content (AvgIpc) is 2.22. The predicted molar refractivity (Wildman–Crippen MR) is 60.7 cm³/mol. The number of rotatable bonds is 4. The van der Waals surface area contributed by atoms with E-state index in [1.54, 1.807) is 0 Å². The topological polar surface area (TPSA) is 29.5 Å². The minimum atomic E-state index is 0.191. The molecule has 1 rings (SSSR count). The van der Waals surface area contributed by atoms with Gasteiger partial charge in [0.05, 0.1) is 18.8 Å². The SMILES string of the molecule is CCCCCC(=O)N1CC(C)OCC1C. The molecule has 15 heavy (non-hydrogen) atoms. The summed E-state index contributed by atoms with van der Waals surface area (Å²) >= 11 is 0. The van der Waals surface area contributed by atoms with Crippen molar-refractivity contribution >= 4 is 5.91 Å². The van der Waals surface area contributed by atoms with Crippen molar-refractivity contribution in [1.29, 1.82) is 0 Å². The molecule has 0 aliphatic carbocycles. The quantitative estimate of drug-likeness (QED) is 0.670. The number of hydrogen-bond acceptors (Lipinski definition) is 2. The molecule has 0 aromatic carbocycles. The molecule has 1 aliphatic heterocycles. The number of unbranched alkanes of at least 4 members (excludes halogenated alkanes) is 2. The van der Waals surface area contributed by atoms with Crippen LogP contribution < -0.4 is 0 Å². The van der Waals surface area contributed by atoms with E-state index < -0.39 is 0 Å². The summed E-state index contributed by atoms with van der Waals surface area (Å²) in [5.41, 5.74) is 0. The highest BCUT2D eigenvalue weighted by Gasteiger charge is 2.26. The van der Waals surface area contributed by atoms with E-state index in [0.29, 0.717) is 18.9 Å². The molecule has 3 heteroatoms. The van der Waals surface area contributed by atoms with Crippen LogP contribution in [-0.4, -0.2) is 36.1 Å². The van der Waals surface area contributed by atoms with Crippen LogP contribution in [0.25, 0.3) is 0 Å². The molecule has 2 atom stereocenters. The van der Waals surface area contributed by atoms with Crippen LogP contribution in [-0.2, 0) is 9.53 Å². The van der Waals surface area contributed by atoms with E-state index in [9.17, 15) is 4.79 Å². The fourth-order valence-corrected chi connectivity index (χ4v) is 1.92. The second kappa shape index (κ2) is 6.11. The Morgan fingerprint density at radius 2 is 2.13 bits per heavy atom. The van der Waals surface area contributed by atoms with Crippen LogP contribution in [0.5, 0.6) is 0 Å². The Morgan fingerprint density at radius 1 is 1.40 bits per heavy atom. The van der Waals surface area contributed by atoms with E-state index >= 15 is 0 Å². The number of nitrogens with zero attached hydrogens (tertiary/aromatic N) is 1. The van der Waals surface area contributed by atoms with Crippen molar-refractivity contribution in [1.82, 2.24) is 4.90 Å². The predicted octanol–water partition coefficient (Wildman–Crippen LogP) is 2.20. The molecule has 1 amide bonds. The van der Waals surface area contributed by atoms with Crippen LogP contribution in [0.2, 0.25) is 0 Å². The van der Waals surface area contributed by atoms with Gasteiger partial charge < -0.3 is 9.64 Å². The van der Waals surface area contributed by atoms with E-state index in [2.05, 4.69) is 13.8 Å². The lowest BCUT2D eigenvalue weighted by molar-refractivity contribution is -0.143. The third-order valence-electron chi connectivity index (χ3n) is 2.92. The first-order valence-electron chi connectivity index (χ1n) is 6.06. The lowest BCUT2D eigenvalue weighted by Crippen LogP contribution is -2.50. The summed E-state index contributed by atoms with van der Waals surface area (Å²) in [6, 6.07) is 0.246. The third kappa shape index (κ3) is 3.82. The Kier molecular flexibility index (Phi) is 5.09. The van der Waals surface area contributed by atoms with Crippen molar-refractivity contribution in [3.8, 4) is 0 Å². The summed E-state index contributed by atoms with van der Waals surface area (Å²) in [7, 11) is 0. The zero-order valence-corrected chi connectivity index (χ0v) is 10.2. The minimum absolute atomic E-state index is 0.191. The third-order valence-corrected chi connectivity index (χ3v) is 2.92. The summed E-state index contributed by atoms with van der Waals surface area (Å²) in [5, 5.41) is 0. The van der Waals surface area contributed by atoms with Crippen LogP contribution in [0.1, 0.15) is 46.5 Å². The maximum absolute atomic E-state index is 11.9. The smallest absolute Gasteiger partial charge is 0.222 e. The molecule has 0 saturated carbocycles. The van der Waals surface area contributed by atoms with E-state index in [-0.39, 0.29) is 12.1 Å². The number of carbonyl (C=O) groups is 1. The summed E-state index contributed by atoms with van der Waals surface area (Å²) in [6.45, 7) is 7.68. The molecule has 0 spiro atoms. The first-order chi connectivity index (χ1) is 7.15. The summed E-state index contributed by atoms with van der Waals surface area (Å²) < 4.78 is 5.50. The van der Waals surface area contributed by atoms with Crippen molar-refractivity contribution in [2.24, 2.45) is 0 Å². The highest BCUT2D eigenvalue weighted by atomic mass is 16.5. The Bertz CT molecular complexity index is 206. The van der Waals surface area contributed by atoms with Gasteiger partial charge in [0.1, 0.15) is 0 Å². The average molecular weight is 213 g/mol. The highest BCUT2D eigenvalue weighted by Crippen LogP contribution is 2.14. The highest BCUT2D eigenvalue weighted by molar-refractivity contribution is 5.76. The first-order valence-corrected chi connectivity index (χ1v) is 6.06. The molecule has 0 N–H and O–H groups in total. The molecular formula is C12H23NO2. The van der Waals surface area contributed by atoms with Gasteiger partial charge in [0.15, 0.2) is 0 Å². The van der Waals surface area contributed by atoms with Gasteiger partial charge >= 0.3 is 0 Å². The van der Waals surface area contributed by atoms with Crippen LogP contribution in [0.15, 0.2) is 0 Å². The van der Waals surface area contributed by atoms with Crippen molar-refractivity contribution in [3.05, 3.63) is 0 Å².